The van der Waals surface area contributed by atoms with Gasteiger partial charge in [0.15, 0.2) is 0 Å². The fraction of sp³-hybridized carbons (Fsp3) is 0.600. The van der Waals surface area contributed by atoms with Crippen LogP contribution in [0.25, 0.3) is 0 Å². The monoisotopic (exact) mass is 260 g/mol. The van der Waals surface area contributed by atoms with Crippen molar-refractivity contribution in [3.05, 3.63) is 29.1 Å². The molecule has 4 heteroatoms. The van der Waals surface area contributed by atoms with Crippen LogP contribution in [-0.2, 0) is 6.54 Å². The maximum Gasteiger partial charge on any atom is 0.225 e. The first-order chi connectivity index (χ1) is 9.20. The first-order valence-electron chi connectivity index (χ1n) is 7.14. The van der Waals surface area contributed by atoms with Crippen molar-refractivity contribution in [2.45, 2.75) is 40.2 Å². The fourth-order valence-corrected chi connectivity index (χ4v) is 2.29. The Bertz CT molecular complexity index is 453. The second kappa shape index (κ2) is 6.66. The van der Waals surface area contributed by atoms with E-state index >= 15 is 0 Å². The Morgan fingerprint density at radius 3 is 2.89 bits per heavy atom. The molecule has 0 amide bonds. The molecule has 0 saturated carbocycles. The summed E-state index contributed by atoms with van der Waals surface area (Å²) < 4.78 is 0. The third-order valence-corrected chi connectivity index (χ3v) is 3.43. The van der Waals surface area contributed by atoms with Crippen molar-refractivity contribution in [2.24, 2.45) is 0 Å². The van der Waals surface area contributed by atoms with Gasteiger partial charge in [-0.2, -0.15) is 0 Å². The summed E-state index contributed by atoms with van der Waals surface area (Å²) >= 11 is 0. The van der Waals surface area contributed by atoms with E-state index < -0.39 is 0 Å². The third kappa shape index (κ3) is 3.77. The van der Waals surface area contributed by atoms with Crippen LogP contribution in [0.5, 0.6) is 0 Å². The molecule has 1 aliphatic rings. The Balaban J connectivity index is 2.04. The molecule has 0 aromatic carbocycles. The average Bonchev–Trinajstić information content (AvgIpc) is 2.41. The number of hydrogen-bond acceptors (Lipinski definition) is 4. The normalized spacial score (nSPS) is 15.5. The van der Waals surface area contributed by atoms with Gasteiger partial charge in [0.25, 0.3) is 0 Å². The first kappa shape index (κ1) is 14.0. The number of hydrogen-bond donors (Lipinski definition) is 1. The summed E-state index contributed by atoms with van der Waals surface area (Å²) in [5, 5.41) is 3.40. The zero-order valence-electron chi connectivity index (χ0n) is 12.2. The summed E-state index contributed by atoms with van der Waals surface area (Å²) in [7, 11) is 0. The highest BCUT2D eigenvalue weighted by molar-refractivity contribution is 5.36. The molecule has 19 heavy (non-hydrogen) atoms. The lowest BCUT2D eigenvalue weighted by molar-refractivity contribution is 0.666. The van der Waals surface area contributed by atoms with Gasteiger partial charge in [0.05, 0.1) is 0 Å². The molecule has 2 rings (SSSR count). The molecule has 2 heterocycles. The van der Waals surface area contributed by atoms with Crippen LogP contribution in [0.2, 0.25) is 0 Å². The Morgan fingerprint density at radius 2 is 2.21 bits per heavy atom. The summed E-state index contributed by atoms with van der Waals surface area (Å²) in [5.41, 5.74) is 3.68. The number of nitrogens with one attached hydrogen (secondary N) is 1. The largest absolute Gasteiger partial charge is 0.337 e. The van der Waals surface area contributed by atoms with Gasteiger partial charge in [-0.05, 0) is 33.2 Å². The summed E-state index contributed by atoms with van der Waals surface area (Å²) in [4.78, 5) is 11.4. The van der Waals surface area contributed by atoms with E-state index in [0.29, 0.717) is 0 Å². The molecule has 0 bridgehead atoms. The molecule has 104 valence electrons. The fourth-order valence-electron chi connectivity index (χ4n) is 2.29. The highest BCUT2D eigenvalue weighted by atomic mass is 15.2. The van der Waals surface area contributed by atoms with Crippen molar-refractivity contribution in [2.75, 3.05) is 24.5 Å². The Labute approximate surface area is 115 Å². The maximum atomic E-state index is 4.66. The molecule has 0 unspecified atom stereocenters. The van der Waals surface area contributed by atoms with E-state index in [1.807, 2.05) is 6.20 Å². The zero-order valence-corrected chi connectivity index (χ0v) is 12.2. The van der Waals surface area contributed by atoms with Gasteiger partial charge in [-0.15, -0.1) is 0 Å². The van der Waals surface area contributed by atoms with Crippen LogP contribution < -0.4 is 10.2 Å². The van der Waals surface area contributed by atoms with E-state index in [4.69, 9.17) is 0 Å². The van der Waals surface area contributed by atoms with Crippen molar-refractivity contribution in [1.82, 2.24) is 15.3 Å². The molecule has 0 aliphatic carbocycles. The Kier molecular flexibility index (Phi) is 4.91. The molecule has 0 atom stereocenters. The third-order valence-electron chi connectivity index (χ3n) is 3.43. The average molecular weight is 260 g/mol. The lowest BCUT2D eigenvalue weighted by Crippen LogP contribution is -2.31. The van der Waals surface area contributed by atoms with E-state index in [0.717, 1.165) is 50.7 Å². The SMILES string of the molecule is CCCNCc1cnc(N2CCC=C(C)C2)nc1C. The maximum absolute atomic E-state index is 4.66. The Morgan fingerprint density at radius 1 is 1.37 bits per heavy atom. The van der Waals surface area contributed by atoms with E-state index in [9.17, 15) is 0 Å². The number of aryl methyl sites for hydroxylation is 1. The molecule has 1 aromatic rings. The van der Waals surface area contributed by atoms with Crippen LogP contribution in [0, 0.1) is 6.92 Å². The smallest absolute Gasteiger partial charge is 0.225 e. The molecule has 0 radical (unpaired) electrons. The molecular formula is C15H24N4. The summed E-state index contributed by atoms with van der Waals surface area (Å²) in [6.07, 6.45) is 6.51. The van der Waals surface area contributed by atoms with Crippen molar-refractivity contribution >= 4 is 5.95 Å². The predicted octanol–water partition coefficient (Wildman–Crippen LogP) is 2.44. The minimum atomic E-state index is 0.860. The van der Waals surface area contributed by atoms with Gasteiger partial charge in [0.2, 0.25) is 5.95 Å². The number of rotatable bonds is 5. The topological polar surface area (TPSA) is 41.1 Å². The van der Waals surface area contributed by atoms with Crippen molar-refractivity contribution in [3.63, 3.8) is 0 Å². The summed E-state index contributed by atoms with van der Waals surface area (Å²) in [5.74, 6) is 0.865. The van der Waals surface area contributed by atoms with Gasteiger partial charge in [0.1, 0.15) is 0 Å². The number of anilines is 1. The molecule has 0 saturated heterocycles. The number of aromatic nitrogens is 2. The molecule has 1 aromatic heterocycles. The van der Waals surface area contributed by atoms with Crippen molar-refractivity contribution in [1.29, 1.82) is 0 Å². The molecule has 1 N–H and O–H groups in total. The first-order valence-corrected chi connectivity index (χ1v) is 7.14. The predicted molar refractivity (Wildman–Crippen MR) is 79.4 cm³/mol. The quantitative estimate of drug-likeness (QED) is 0.652. The molecule has 1 aliphatic heterocycles. The Hall–Kier alpha value is -1.42. The van der Waals surface area contributed by atoms with Crippen LogP contribution in [0.4, 0.5) is 5.95 Å². The standard InChI is InChI=1S/C15H24N4/c1-4-7-16-9-14-10-17-15(18-13(14)3)19-8-5-6-12(2)11-19/h6,10,16H,4-5,7-9,11H2,1-3H3. The van der Waals surface area contributed by atoms with Gasteiger partial charge >= 0.3 is 0 Å². The van der Waals surface area contributed by atoms with Crippen LogP contribution in [0.1, 0.15) is 37.9 Å². The minimum Gasteiger partial charge on any atom is -0.337 e. The summed E-state index contributed by atoms with van der Waals surface area (Å²) in [6.45, 7) is 10.3. The van der Waals surface area contributed by atoms with Crippen LogP contribution >= 0.6 is 0 Å². The second-order valence-electron chi connectivity index (χ2n) is 5.22. The lowest BCUT2D eigenvalue weighted by atomic mass is 10.1. The van der Waals surface area contributed by atoms with Gasteiger partial charge in [-0.25, -0.2) is 9.97 Å². The second-order valence-corrected chi connectivity index (χ2v) is 5.22. The molecule has 0 fully saturated rings. The zero-order chi connectivity index (χ0) is 13.7. The highest BCUT2D eigenvalue weighted by Gasteiger charge is 2.14. The van der Waals surface area contributed by atoms with E-state index in [2.05, 4.69) is 47.0 Å². The van der Waals surface area contributed by atoms with E-state index in [1.165, 1.54) is 11.1 Å². The van der Waals surface area contributed by atoms with E-state index in [1.54, 1.807) is 0 Å². The van der Waals surface area contributed by atoms with Crippen LogP contribution in [-0.4, -0.2) is 29.6 Å². The van der Waals surface area contributed by atoms with Gasteiger partial charge in [-0.1, -0.05) is 18.6 Å². The van der Waals surface area contributed by atoms with Crippen LogP contribution in [0.15, 0.2) is 17.8 Å². The van der Waals surface area contributed by atoms with Gasteiger partial charge in [-0.3, -0.25) is 0 Å². The summed E-state index contributed by atoms with van der Waals surface area (Å²) in [6, 6.07) is 0. The molecule has 4 nitrogen and oxygen atoms in total. The van der Waals surface area contributed by atoms with Crippen LogP contribution in [0.3, 0.4) is 0 Å². The van der Waals surface area contributed by atoms with Gasteiger partial charge < -0.3 is 10.2 Å². The highest BCUT2D eigenvalue weighted by Crippen LogP contribution is 2.16. The van der Waals surface area contributed by atoms with Crippen molar-refractivity contribution < 1.29 is 0 Å². The van der Waals surface area contributed by atoms with Gasteiger partial charge in [0, 0.05) is 37.1 Å². The lowest BCUT2D eigenvalue weighted by Gasteiger charge is -2.26. The molecule has 0 spiro atoms. The van der Waals surface area contributed by atoms with Crippen molar-refractivity contribution in [3.8, 4) is 0 Å². The number of nitrogens with zero attached hydrogens (tertiary/aromatic N) is 3. The molecular weight excluding hydrogens is 236 g/mol. The minimum absolute atomic E-state index is 0.860. The van der Waals surface area contributed by atoms with E-state index in [-0.39, 0.29) is 0 Å².